The van der Waals surface area contributed by atoms with Crippen LogP contribution in [0.3, 0.4) is 0 Å². The van der Waals surface area contributed by atoms with Crippen LogP contribution in [0.5, 0.6) is 0 Å². The van der Waals surface area contributed by atoms with Crippen LogP contribution < -0.4 is 0 Å². The molecule has 2 heterocycles. The van der Waals surface area contributed by atoms with Crippen molar-refractivity contribution in [2.75, 3.05) is 0 Å². The van der Waals surface area contributed by atoms with Gasteiger partial charge in [0, 0.05) is 0 Å². The molecule has 118 valence electrons. The Morgan fingerprint density at radius 3 is 2.39 bits per heavy atom. The Bertz CT molecular complexity index is 1030. The maximum atomic E-state index is 12.8. The standard InChI is InChI=1S/C13H7Cl2N3O4S/c14-10-8-6-9(12(19)20)18(11(8)17-13(15)16-10)23(21,22)7-4-2-1-3-5-7/h1-6H,(H,19,20). The summed E-state index contributed by atoms with van der Waals surface area (Å²) in [7, 11) is -4.20. The number of nitrogens with zero attached hydrogens (tertiary/aromatic N) is 3. The first-order valence-corrected chi connectivity index (χ1v) is 8.30. The lowest BCUT2D eigenvalue weighted by Gasteiger charge is -2.09. The zero-order valence-electron chi connectivity index (χ0n) is 11.1. The molecule has 0 saturated heterocycles. The number of hydrogen-bond donors (Lipinski definition) is 1. The van der Waals surface area contributed by atoms with Gasteiger partial charge in [-0.2, -0.15) is 4.98 Å². The molecule has 0 aliphatic rings. The fraction of sp³-hybridized carbons (Fsp3) is 0. The van der Waals surface area contributed by atoms with E-state index < -0.39 is 21.7 Å². The number of fused-ring (bicyclic) bond motifs is 1. The van der Waals surface area contributed by atoms with E-state index in [1.165, 1.54) is 24.3 Å². The van der Waals surface area contributed by atoms with E-state index in [-0.39, 0.29) is 26.4 Å². The Morgan fingerprint density at radius 2 is 1.78 bits per heavy atom. The van der Waals surface area contributed by atoms with Crippen molar-refractivity contribution in [3.63, 3.8) is 0 Å². The van der Waals surface area contributed by atoms with Gasteiger partial charge in [0.1, 0.15) is 10.8 Å². The van der Waals surface area contributed by atoms with Crippen LogP contribution in [0, 0.1) is 0 Å². The summed E-state index contributed by atoms with van der Waals surface area (Å²) >= 11 is 11.6. The zero-order valence-corrected chi connectivity index (χ0v) is 13.5. The largest absolute Gasteiger partial charge is 0.477 e. The molecule has 0 aliphatic heterocycles. The zero-order chi connectivity index (χ0) is 16.8. The van der Waals surface area contributed by atoms with Crippen molar-refractivity contribution in [3.05, 3.63) is 52.5 Å². The maximum Gasteiger partial charge on any atom is 0.353 e. The monoisotopic (exact) mass is 371 g/mol. The lowest BCUT2D eigenvalue weighted by atomic mass is 10.4. The second-order valence-electron chi connectivity index (χ2n) is 4.44. The van der Waals surface area contributed by atoms with Crippen molar-refractivity contribution in [3.8, 4) is 0 Å². The van der Waals surface area contributed by atoms with Crippen LogP contribution in [-0.4, -0.2) is 33.4 Å². The molecule has 0 aliphatic carbocycles. The number of aromatic carboxylic acids is 1. The highest BCUT2D eigenvalue weighted by Crippen LogP contribution is 2.29. The maximum absolute atomic E-state index is 12.8. The van der Waals surface area contributed by atoms with Gasteiger partial charge in [-0.15, -0.1) is 0 Å². The summed E-state index contributed by atoms with van der Waals surface area (Å²) in [5.74, 6) is -1.45. The SMILES string of the molecule is O=C(O)c1cc2c(Cl)nc(Cl)nc2n1S(=O)(=O)c1ccccc1. The second kappa shape index (κ2) is 5.48. The van der Waals surface area contributed by atoms with Gasteiger partial charge in [-0.3, -0.25) is 0 Å². The first kappa shape index (κ1) is 15.7. The van der Waals surface area contributed by atoms with Crippen LogP contribution in [0.2, 0.25) is 10.4 Å². The number of hydrogen-bond acceptors (Lipinski definition) is 5. The summed E-state index contributed by atoms with van der Waals surface area (Å²) < 4.78 is 26.2. The molecule has 0 atom stereocenters. The molecule has 0 radical (unpaired) electrons. The highest BCUT2D eigenvalue weighted by atomic mass is 35.5. The van der Waals surface area contributed by atoms with E-state index in [1.54, 1.807) is 6.07 Å². The molecule has 3 rings (SSSR count). The third kappa shape index (κ3) is 2.54. The van der Waals surface area contributed by atoms with Crippen molar-refractivity contribution < 1.29 is 18.3 Å². The molecule has 3 aromatic rings. The molecule has 10 heteroatoms. The predicted molar refractivity (Wildman–Crippen MR) is 83.5 cm³/mol. The van der Waals surface area contributed by atoms with Crippen molar-refractivity contribution in [1.82, 2.24) is 13.9 Å². The van der Waals surface area contributed by atoms with E-state index in [0.717, 1.165) is 6.07 Å². The van der Waals surface area contributed by atoms with E-state index in [0.29, 0.717) is 3.97 Å². The van der Waals surface area contributed by atoms with Gasteiger partial charge in [0.25, 0.3) is 10.0 Å². The quantitative estimate of drug-likeness (QED) is 0.560. The van der Waals surface area contributed by atoms with Crippen molar-refractivity contribution >= 4 is 50.2 Å². The summed E-state index contributed by atoms with van der Waals surface area (Å²) in [5, 5.41) is 8.98. The van der Waals surface area contributed by atoms with Gasteiger partial charge in [0.05, 0.1) is 10.3 Å². The topological polar surface area (TPSA) is 102 Å². The van der Waals surface area contributed by atoms with E-state index >= 15 is 0 Å². The average Bonchev–Trinajstić information content (AvgIpc) is 2.88. The number of aromatic nitrogens is 3. The summed E-state index contributed by atoms with van der Waals surface area (Å²) in [4.78, 5) is 18.9. The van der Waals surface area contributed by atoms with Crippen LogP contribution in [0.1, 0.15) is 10.5 Å². The van der Waals surface area contributed by atoms with E-state index in [4.69, 9.17) is 23.2 Å². The predicted octanol–water partition coefficient (Wildman–Crippen LogP) is 2.67. The van der Waals surface area contributed by atoms with Crippen molar-refractivity contribution in [2.45, 2.75) is 4.90 Å². The van der Waals surface area contributed by atoms with E-state index in [1.807, 2.05) is 0 Å². The van der Waals surface area contributed by atoms with Crippen molar-refractivity contribution in [1.29, 1.82) is 0 Å². The number of carboxylic acid groups (broad SMARTS) is 1. The van der Waals surface area contributed by atoms with Gasteiger partial charge in [-0.1, -0.05) is 29.8 Å². The molecule has 0 fully saturated rings. The fourth-order valence-corrected chi connectivity index (χ4v) is 3.98. The molecule has 0 amide bonds. The minimum absolute atomic E-state index is 0.0768. The van der Waals surface area contributed by atoms with Crippen LogP contribution in [0.15, 0.2) is 41.3 Å². The van der Waals surface area contributed by atoms with Gasteiger partial charge in [0.15, 0.2) is 5.65 Å². The molecular weight excluding hydrogens is 365 g/mol. The van der Waals surface area contributed by atoms with E-state index in [2.05, 4.69) is 9.97 Å². The average molecular weight is 372 g/mol. The first-order chi connectivity index (χ1) is 10.8. The minimum atomic E-state index is -4.20. The number of halogens is 2. The van der Waals surface area contributed by atoms with Gasteiger partial charge < -0.3 is 5.11 Å². The Balaban J connectivity index is 2.45. The molecule has 0 unspecified atom stereocenters. The third-order valence-corrected chi connectivity index (χ3v) is 5.22. The molecule has 0 bridgehead atoms. The van der Waals surface area contributed by atoms with Gasteiger partial charge in [-0.25, -0.2) is 22.2 Å². The number of rotatable bonds is 3. The Hall–Kier alpha value is -2.16. The van der Waals surface area contributed by atoms with Crippen LogP contribution in [-0.2, 0) is 10.0 Å². The minimum Gasteiger partial charge on any atom is -0.477 e. The molecule has 1 aromatic carbocycles. The third-order valence-electron chi connectivity index (χ3n) is 3.04. The Labute approximate surface area is 140 Å². The van der Waals surface area contributed by atoms with Gasteiger partial charge >= 0.3 is 5.97 Å². The summed E-state index contributed by atoms with van der Waals surface area (Å²) in [5.41, 5.74) is -0.710. The van der Waals surface area contributed by atoms with Crippen molar-refractivity contribution in [2.24, 2.45) is 0 Å². The fourth-order valence-electron chi connectivity index (χ4n) is 2.08. The molecule has 23 heavy (non-hydrogen) atoms. The summed E-state index contributed by atoms with van der Waals surface area (Å²) in [6, 6.07) is 8.47. The number of benzene rings is 1. The number of carboxylic acids is 1. The molecule has 0 saturated carbocycles. The normalized spacial score (nSPS) is 11.7. The number of carbonyl (C=O) groups is 1. The summed E-state index contributed by atoms with van der Waals surface area (Å²) in [6.07, 6.45) is 0. The first-order valence-electron chi connectivity index (χ1n) is 6.11. The van der Waals surface area contributed by atoms with Crippen LogP contribution in [0.25, 0.3) is 11.0 Å². The van der Waals surface area contributed by atoms with E-state index in [9.17, 15) is 18.3 Å². The Kier molecular flexibility index (Phi) is 3.75. The Morgan fingerprint density at radius 1 is 1.13 bits per heavy atom. The molecule has 0 spiro atoms. The highest BCUT2D eigenvalue weighted by molar-refractivity contribution is 7.90. The van der Waals surface area contributed by atoms with Gasteiger partial charge in [-0.05, 0) is 29.8 Å². The van der Waals surface area contributed by atoms with Gasteiger partial charge in [0.2, 0.25) is 5.28 Å². The van der Waals surface area contributed by atoms with Crippen LogP contribution in [0.4, 0.5) is 0 Å². The smallest absolute Gasteiger partial charge is 0.353 e. The molecular formula is C13H7Cl2N3O4S. The summed E-state index contributed by atoms with van der Waals surface area (Å²) in [6.45, 7) is 0. The lowest BCUT2D eigenvalue weighted by Crippen LogP contribution is -2.18. The molecule has 2 aromatic heterocycles. The second-order valence-corrected chi connectivity index (χ2v) is 6.92. The highest BCUT2D eigenvalue weighted by Gasteiger charge is 2.28. The molecule has 7 nitrogen and oxygen atoms in total. The molecule has 1 N–H and O–H groups in total. The van der Waals surface area contributed by atoms with Crippen LogP contribution >= 0.6 is 23.2 Å². The lowest BCUT2D eigenvalue weighted by molar-refractivity contribution is 0.0689.